The van der Waals surface area contributed by atoms with Crippen LogP contribution in [0.15, 0.2) is 69.5 Å². The summed E-state index contributed by atoms with van der Waals surface area (Å²) >= 11 is 0. The SMILES string of the molecule is COc1cccc(C)c1-n1c(CS(=O)(=O)[C@@H]2CC[C@@H](O)[C@H](O)C2)nnc1-c1ccc(C)o1.COc1cccc(C)c1-n1c(CS(=O)(=O)[C@H]2CC[C@@H](O)[C@H](O)C2)nnc1-c1ccc(C)o1. The summed E-state index contributed by atoms with van der Waals surface area (Å²) in [4.78, 5) is 0. The van der Waals surface area contributed by atoms with Gasteiger partial charge in [-0.25, -0.2) is 16.8 Å². The number of hydrogen-bond donors (Lipinski definition) is 4. The Hall–Kier alpha value is -5.38. The molecule has 2 fully saturated rings. The van der Waals surface area contributed by atoms with Gasteiger partial charge >= 0.3 is 0 Å². The highest BCUT2D eigenvalue weighted by atomic mass is 32.2. The fourth-order valence-electron chi connectivity index (χ4n) is 8.32. The monoisotopic (exact) mass is 922 g/mol. The van der Waals surface area contributed by atoms with Crippen LogP contribution in [0.4, 0.5) is 0 Å². The maximum Gasteiger partial charge on any atom is 0.204 e. The molecule has 0 spiro atoms. The molecule has 0 radical (unpaired) electrons. The van der Waals surface area contributed by atoms with Crippen molar-refractivity contribution in [2.45, 2.75) is 113 Å². The molecule has 2 aliphatic carbocycles. The first kappa shape index (κ1) is 46.6. The standard InChI is InChI=1S/2C22H27N3O6S/c2*1-13-5-4-6-18(30-3)21(13)25-20(23-24-22(25)19-10-7-14(2)31-19)12-32(28,29)15-8-9-16(26)17(27)11-15/h2*4-7,10,15-17,26-27H,8-9,11-12H2,1-3H3/t15-,16+,17+;15-,16-,17-/m01/s1. The number of aliphatic hydroxyl groups is 4. The quantitative estimate of drug-likeness (QED) is 0.130. The second kappa shape index (κ2) is 19.0. The fraction of sp³-hybridized carbons (Fsp3) is 0.455. The van der Waals surface area contributed by atoms with E-state index in [1.165, 1.54) is 0 Å². The average Bonchev–Trinajstić information content (AvgIpc) is 4.07. The molecule has 2 aliphatic rings. The fourth-order valence-corrected chi connectivity index (χ4v) is 11.9. The molecule has 0 amide bonds. The summed E-state index contributed by atoms with van der Waals surface area (Å²) in [6.45, 7) is 7.41. The highest BCUT2D eigenvalue weighted by Gasteiger charge is 2.39. The highest BCUT2D eigenvalue weighted by Crippen LogP contribution is 2.36. The number of benzene rings is 2. The van der Waals surface area contributed by atoms with Gasteiger partial charge in [0.2, 0.25) is 11.6 Å². The lowest BCUT2D eigenvalue weighted by molar-refractivity contribution is -0.00755. The third-order valence-corrected chi connectivity index (χ3v) is 16.0. The van der Waals surface area contributed by atoms with E-state index in [1.807, 2.05) is 52.0 Å². The van der Waals surface area contributed by atoms with Crippen molar-refractivity contribution in [3.63, 3.8) is 0 Å². The molecule has 64 heavy (non-hydrogen) atoms. The Labute approximate surface area is 371 Å². The van der Waals surface area contributed by atoms with Crippen LogP contribution in [0.25, 0.3) is 34.5 Å². The molecule has 344 valence electrons. The summed E-state index contributed by atoms with van der Waals surface area (Å²) < 4.78 is 79.0. The first-order valence-electron chi connectivity index (χ1n) is 20.9. The third kappa shape index (κ3) is 9.67. The van der Waals surface area contributed by atoms with E-state index < -0.39 is 54.6 Å². The molecule has 20 heteroatoms. The van der Waals surface area contributed by atoms with Crippen LogP contribution in [0.2, 0.25) is 0 Å². The summed E-state index contributed by atoms with van der Waals surface area (Å²) in [6, 6.07) is 18.2. The van der Waals surface area contributed by atoms with Crippen molar-refractivity contribution in [3.05, 3.63) is 95.0 Å². The molecule has 4 aromatic heterocycles. The molecule has 0 bridgehead atoms. The van der Waals surface area contributed by atoms with Gasteiger partial charge in [0.15, 0.2) is 42.8 Å². The van der Waals surface area contributed by atoms with Crippen molar-refractivity contribution in [3.8, 4) is 46.0 Å². The summed E-state index contributed by atoms with van der Waals surface area (Å²) in [5, 5.41) is 54.9. The Morgan fingerprint density at radius 1 is 0.562 bits per heavy atom. The van der Waals surface area contributed by atoms with E-state index in [2.05, 4.69) is 20.4 Å². The predicted molar refractivity (Wildman–Crippen MR) is 235 cm³/mol. The van der Waals surface area contributed by atoms with Crippen molar-refractivity contribution >= 4 is 19.7 Å². The summed E-state index contributed by atoms with van der Waals surface area (Å²) in [7, 11) is -4.28. The summed E-state index contributed by atoms with van der Waals surface area (Å²) in [6.07, 6.45) is -2.87. The van der Waals surface area contributed by atoms with Crippen molar-refractivity contribution in [2.75, 3.05) is 14.2 Å². The number of para-hydroxylation sites is 2. The number of ether oxygens (including phenoxy) is 2. The number of methoxy groups -OCH3 is 2. The molecule has 6 aromatic rings. The Kier molecular flexibility index (Phi) is 13.8. The van der Waals surface area contributed by atoms with E-state index in [-0.39, 0.29) is 61.7 Å². The lowest BCUT2D eigenvalue weighted by Crippen LogP contribution is -2.40. The van der Waals surface area contributed by atoms with E-state index in [4.69, 9.17) is 18.3 Å². The Balaban J connectivity index is 0.000000191. The van der Waals surface area contributed by atoms with Crippen LogP contribution in [0.1, 0.15) is 72.8 Å². The lowest BCUT2D eigenvalue weighted by atomic mass is 9.95. The lowest BCUT2D eigenvalue weighted by Gasteiger charge is -2.29. The predicted octanol–water partition coefficient (Wildman–Crippen LogP) is 4.68. The molecule has 0 aliphatic heterocycles. The maximum absolute atomic E-state index is 13.3. The summed E-state index contributed by atoms with van der Waals surface area (Å²) in [5.41, 5.74) is 2.97. The smallest absolute Gasteiger partial charge is 0.204 e. The Bertz CT molecular complexity index is 2620. The van der Waals surface area contributed by atoms with Crippen molar-refractivity contribution in [2.24, 2.45) is 0 Å². The van der Waals surface area contributed by atoms with Gasteiger partial charge in [-0.3, -0.25) is 9.13 Å². The van der Waals surface area contributed by atoms with Crippen LogP contribution in [0.5, 0.6) is 11.5 Å². The maximum atomic E-state index is 13.3. The topological polar surface area (TPSA) is 255 Å². The molecule has 4 N–H and O–H groups in total. The van der Waals surface area contributed by atoms with Crippen molar-refractivity contribution < 1.29 is 55.6 Å². The van der Waals surface area contributed by atoms with Gasteiger partial charge in [0, 0.05) is 0 Å². The number of aryl methyl sites for hydroxylation is 4. The summed E-state index contributed by atoms with van der Waals surface area (Å²) in [5.74, 6) is 3.84. The first-order chi connectivity index (χ1) is 30.4. The van der Waals surface area contributed by atoms with Crippen LogP contribution in [-0.2, 0) is 31.2 Å². The number of nitrogens with zero attached hydrogens (tertiary/aromatic N) is 6. The number of hydrogen-bond acceptors (Lipinski definition) is 16. The zero-order chi connectivity index (χ0) is 46.1. The number of aliphatic hydroxyl groups excluding tert-OH is 4. The van der Waals surface area contributed by atoms with E-state index >= 15 is 0 Å². The number of sulfone groups is 2. The molecule has 4 heterocycles. The zero-order valence-corrected chi connectivity index (χ0v) is 38.1. The Morgan fingerprint density at radius 3 is 1.28 bits per heavy atom. The normalized spacial score (nSPS) is 21.6. The van der Waals surface area contributed by atoms with Crippen molar-refractivity contribution in [1.82, 2.24) is 29.5 Å². The molecule has 18 nitrogen and oxygen atoms in total. The molecule has 0 unspecified atom stereocenters. The molecule has 2 aromatic carbocycles. The zero-order valence-electron chi connectivity index (χ0n) is 36.4. The van der Waals surface area contributed by atoms with Gasteiger partial charge in [-0.05, 0) is 114 Å². The van der Waals surface area contributed by atoms with Crippen LogP contribution in [0, 0.1) is 27.7 Å². The molecule has 0 saturated heterocycles. The van der Waals surface area contributed by atoms with Gasteiger partial charge in [-0.1, -0.05) is 24.3 Å². The van der Waals surface area contributed by atoms with E-state index in [0.29, 0.717) is 57.6 Å². The highest BCUT2D eigenvalue weighted by molar-refractivity contribution is 7.91. The average molecular weight is 923 g/mol. The van der Waals surface area contributed by atoms with Gasteiger partial charge in [-0.2, -0.15) is 0 Å². The second-order valence-corrected chi connectivity index (χ2v) is 20.9. The molecule has 8 rings (SSSR count). The number of rotatable bonds is 12. The van der Waals surface area contributed by atoms with E-state index in [9.17, 15) is 37.3 Å². The van der Waals surface area contributed by atoms with Crippen LogP contribution < -0.4 is 9.47 Å². The minimum absolute atomic E-state index is 0.00441. The molecular weight excluding hydrogens is 869 g/mol. The van der Waals surface area contributed by atoms with Gasteiger partial charge in [-0.15, -0.1) is 20.4 Å². The van der Waals surface area contributed by atoms with Gasteiger partial charge < -0.3 is 38.7 Å². The Morgan fingerprint density at radius 2 is 0.953 bits per heavy atom. The van der Waals surface area contributed by atoms with E-state index in [1.54, 1.807) is 59.8 Å². The van der Waals surface area contributed by atoms with Crippen molar-refractivity contribution in [1.29, 1.82) is 0 Å². The van der Waals surface area contributed by atoms with Crippen LogP contribution in [-0.4, -0.2) is 116 Å². The molecule has 6 atom stereocenters. The van der Waals surface area contributed by atoms with Crippen LogP contribution >= 0.6 is 0 Å². The minimum Gasteiger partial charge on any atom is -0.495 e. The number of furan rings is 2. The van der Waals surface area contributed by atoms with E-state index in [0.717, 1.165) is 11.1 Å². The number of aromatic nitrogens is 6. The molecule has 2 saturated carbocycles. The largest absolute Gasteiger partial charge is 0.495 e. The molecular formula is C44H54N6O12S2. The minimum atomic E-state index is -3.69. The first-order valence-corrected chi connectivity index (χ1v) is 24.3. The third-order valence-electron chi connectivity index (χ3n) is 11.8. The second-order valence-electron chi connectivity index (χ2n) is 16.4. The van der Waals surface area contributed by atoms with Gasteiger partial charge in [0.25, 0.3) is 0 Å². The van der Waals surface area contributed by atoms with Gasteiger partial charge in [0.05, 0.1) is 60.5 Å². The van der Waals surface area contributed by atoms with Gasteiger partial charge in [0.1, 0.15) is 34.5 Å². The van der Waals surface area contributed by atoms with Crippen LogP contribution in [0.3, 0.4) is 0 Å².